The summed E-state index contributed by atoms with van der Waals surface area (Å²) in [6, 6.07) is 0.611. The molecule has 4 nitrogen and oxygen atoms in total. The van der Waals surface area contributed by atoms with Crippen LogP contribution in [0.4, 0.5) is 0 Å². The average Bonchev–Trinajstić information content (AvgIpc) is 2.80. The molecule has 1 aliphatic rings. The lowest BCUT2D eigenvalue weighted by Crippen LogP contribution is -2.35. The normalized spacial score (nSPS) is 25.8. The molecule has 0 radical (unpaired) electrons. The van der Waals surface area contributed by atoms with Crippen molar-refractivity contribution in [1.29, 1.82) is 0 Å². The lowest BCUT2D eigenvalue weighted by Gasteiger charge is -2.26. The molecule has 4 heteroatoms. The Morgan fingerprint density at radius 2 is 2.19 bits per heavy atom. The fourth-order valence-electron chi connectivity index (χ4n) is 2.28. The number of nitrogens with one attached hydrogen (secondary N) is 2. The van der Waals surface area contributed by atoms with Gasteiger partial charge in [-0.3, -0.25) is 0 Å². The van der Waals surface area contributed by atoms with Gasteiger partial charge in [0, 0.05) is 24.9 Å². The zero-order valence-electron chi connectivity index (χ0n) is 9.65. The molecule has 1 saturated carbocycles. The first-order chi connectivity index (χ1) is 7.84. The van der Waals surface area contributed by atoms with Crippen molar-refractivity contribution >= 4 is 0 Å². The Kier molecular flexibility index (Phi) is 4.36. The molecular weight excluding hydrogens is 202 g/mol. The lowest BCUT2D eigenvalue weighted by molar-refractivity contribution is 0.117. The number of aryl methyl sites for hydroxylation is 1. The predicted molar refractivity (Wildman–Crippen MR) is 63.2 cm³/mol. The largest absolute Gasteiger partial charge is 0.393 e. The Labute approximate surface area is 96.5 Å². The molecule has 0 atom stereocenters. The average molecular weight is 223 g/mol. The van der Waals surface area contributed by atoms with Gasteiger partial charge < -0.3 is 15.4 Å². The molecule has 0 aliphatic heterocycles. The van der Waals surface area contributed by atoms with Gasteiger partial charge in [0.25, 0.3) is 0 Å². The van der Waals surface area contributed by atoms with E-state index >= 15 is 0 Å². The van der Waals surface area contributed by atoms with Crippen LogP contribution in [-0.2, 0) is 6.42 Å². The molecule has 3 N–H and O–H groups in total. The molecule has 0 unspecified atom stereocenters. The summed E-state index contributed by atoms with van der Waals surface area (Å²) in [6.45, 7) is 1.04. The number of aliphatic hydroxyl groups excluding tert-OH is 1. The number of imidazole rings is 1. The van der Waals surface area contributed by atoms with E-state index in [2.05, 4.69) is 15.3 Å². The van der Waals surface area contributed by atoms with Crippen molar-refractivity contribution in [3.63, 3.8) is 0 Å². The number of H-pyrrole nitrogens is 1. The molecule has 1 aromatic rings. The smallest absolute Gasteiger partial charge is 0.106 e. The van der Waals surface area contributed by atoms with Crippen molar-refractivity contribution in [3.05, 3.63) is 18.2 Å². The van der Waals surface area contributed by atoms with Crippen LogP contribution in [0.3, 0.4) is 0 Å². The molecule has 0 spiro atoms. The van der Waals surface area contributed by atoms with Gasteiger partial charge in [0.2, 0.25) is 0 Å². The zero-order chi connectivity index (χ0) is 11.2. The van der Waals surface area contributed by atoms with Crippen molar-refractivity contribution in [2.45, 2.75) is 50.7 Å². The Hall–Kier alpha value is -0.870. The summed E-state index contributed by atoms with van der Waals surface area (Å²) < 4.78 is 0. The summed E-state index contributed by atoms with van der Waals surface area (Å²) >= 11 is 0. The number of rotatable bonds is 5. The standard InChI is InChI=1S/C12H21N3O/c16-11-5-3-10(4-6-11)13-7-1-2-12-14-8-9-15-12/h8-11,13,16H,1-7H2,(H,14,15). The Morgan fingerprint density at radius 1 is 1.38 bits per heavy atom. The molecule has 0 bridgehead atoms. The summed E-state index contributed by atoms with van der Waals surface area (Å²) in [6.07, 6.45) is 9.87. The van der Waals surface area contributed by atoms with Crippen LogP contribution < -0.4 is 5.32 Å². The maximum absolute atomic E-state index is 9.38. The van der Waals surface area contributed by atoms with Gasteiger partial charge in [-0.05, 0) is 38.6 Å². The molecule has 1 heterocycles. The highest BCUT2D eigenvalue weighted by Crippen LogP contribution is 2.18. The summed E-state index contributed by atoms with van der Waals surface area (Å²) in [5.41, 5.74) is 0. The highest BCUT2D eigenvalue weighted by atomic mass is 16.3. The first-order valence-electron chi connectivity index (χ1n) is 6.24. The van der Waals surface area contributed by atoms with E-state index in [1.54, 1.807) is 6.20 Å². The molecule has 1 aliphatic carbocycles. The van der Waals surface area contributed by atoms with Crippen molar-refractivity contribution < 1.29 is 5.11 Å². The van der Waals surface area contributed by atoms with Crippen LogP contribution >= 0.6 is 0 Å². The third kappa shape index (κ3) is 3.61. The topological polar surface area (TPSA) is 60.9 Å². The van der Waals surface area contributed by atoms with Gasteiger partial charge >= 0.3 is 0 Å². The van der Waals surface area contributed by atoms with Gasteiger partial charge in [0.05, 0.1) is 6.10 Å². The number of aromatic nitrogens is 2. The van der Waals surface area contributed by atoms with Crippen LogP contribution in [0.2, 0.25) is 0 Å². The number of hydrogen-bond donors (Lipinski definition) is 3. The fraction of sp³-hybridized carbons (Fsp3) is 0.750. The van der Waals surface area contributed by atoms with E-state index in [4.69, 9.17) is 0 Å². The molecule has 0 amide bonds. The highest BCUT2D eigenvalue weighted by Gasteiger charge is 2.18. The maximum atomic E-state index is 9.38. The minimum atomic E-state index is -0.0545. The molecule has 1 fully saturated rings. The first kappa shape index (κ1) is 11.6. The van der Waals surface area contributed by atoms with Crippen molar-refractivity contribution in [3.8, 4) is 0 Å². The van der Waals surface area contributed by atoms with Crippen molar-refractivity contribution in [1.82, 2.24) is 15.3 Å². The first-order valence-corrected chi connectivity index (χ1v) is 6.24. The Balaban J connectivity index is 1.55. The highest BCUT2D eigenvalue weighted by molar-refractivity contribution is 4.87. The second-order valence-corrected chi connectivity index (χ2v) is 4.60. The van der Waals surface area contributed by atoms with E-state index in [9.17, 15) is 5.11 Å². The summed E-state index contributed by atoms with van der Waals surface area (Å²) in [5, 5.41) is 12.9. The van der Waals surface area contributed by atoms with Gasteiger partial charge in [-0.1, -0.05) is 0 Å². The minimum Gasteiger partial charge on any atom is -0.393 e. The number of hydrogen-bond acceptors (Lipinski definition) is 3. The number of nitrogens with zero attached hydrogens (tertiary/aromatic N) is 1. The van der Waals surface area contributed by atoms with E-state index in [1.807, 2.05) is 6.20 Å². The maximum Gasteiger partial charge on any atom is 0.106 e. The molecule has 16 heavy (non-hydrogen) atoms. The van der Waals surface area contributed by atoms with Crippen LogP contribution in [0, 0.1) is 0 Å². The Bertz CT molecular complexity index is 278. The van der Waals surface area contributed by atoms with Crippen molar-refractivity contribution in [2.75, 3.05) is 6.54 Å². The SMILES string of the molecule is OC1CCC(NCCCc2ncc[nH]2)CC1. The van der Waals surface area contributed by atoms with Crippen LogP contribution in [0.15, 0.2) is 12.4 Å². The van der Waals surface area contributed by atoms with Gasteiger partial charge in [-0.2, -0.15) is 0 Å². The fourth-order valence-corrected chi connectivity index (χ4v) is 2.28. The van der Waals surface area contributed by atoms with E-state index in [0.717, 1.165) is 50.9 Å². The summed E-state index contributed by atoms with van der Waals surface area (Å²) in [4.78, 5) is 7.30. The van der Waals surface area contributed by atoms with Crippen LogP contribution in [0.1, 0.15) is 37.9 Å². The molecular formula is C12H21N3O. The van der Waals surface area contributed by atoms with E-state index < -0.39 is 0 Å². The van der Waals surface area contributed by atoms with Gasteiger partial charge in [0.1, 0.15) is 5.82 Å². The molecule has 90 valence electrons. The third-order valence-corrected chi connectivity index (χ3v) is 3.27. The molecule has 2 rings (SSSR count). The lowest BCUT2D eigenvalue weighted by atomic mass is 9.93. The third-order valence-electron chi connectivity index (χ3n) is 3.27. The predicted octanol–water partition coefficient (Wildman–Crippen LogP) is 1.24. The number of aromatic amines is 1. The van der Waals surface area contributed by atoms with Crippen molar-refractivity contribution in [2.24, 2.45) is 0 Å². The molecule has 0 aromatic carbocycles. The summed E-state index contributed by atoms with van der Waals surface area (Å²) in [7, 11) is 0. The van der Waals surface area contributed by atoms with E-state index in [0.29, 0.717) is 6.04 Å². The van der Waals surface area contributed by atoms with Crippen LogP contribution in [0.5, 0.6) is 0 Å². The zero-order valence-corrected chi connectivity index (χ0v) is 9.65. The van der Waals surface area contributed by atoms with Gasteiger partial charge in [0.15, 0.2) is 0 Å². The van der Waals surface area contributed by atoms with E-state index in [-0.39, 0.29) is 6.10 Å². The quantitative estimate of drug-likeness (QED) is 0.658. The Morgan fingerprint density at radius 3 is 2.88 bits per heavy atom. The molecule has 1 aromatic heterocycles. The van der Waals surface area contributed by atoms with Gasteiger partial charge in [-0.15, -0.1) is 0 Å². The van der Waals surface area contributed by atoms with Crippen LogP contribution in [-0.4, -0.2) is 33.8 Å². The second kappa shape index (κ2) is 6.01. The monoisotopic (exact) mass is 223 g/mol. The second-order valence-electron chi connectivity index (χ2n) is 4.60. The number of aliphatic hydroxyl groups is 1. The van der Waals surface area contributed by atoms with Crippen LogP contribution in [0.25, 0.3) is 0 Å². The summed E-state index contributed by atoms with van der Waals surface area (Å²) in [5.74, 6) is 1.07. The molecule has 0 saturated heterocycles. The van der Waals surface area contributed by atoms with E-state index in [1.165, 1.54) is 0 Å². The van der Waals surface area contributed by atoms with Gasteiger partial charge in [-0.25, -0.2) is 4.98 Å². The minimum absolute atomic E-state index is 0.0545.